The summed E-state index contributed by atoms with van der Waals surface area (Å²) < 4.78 is 47.5. The monoisotopic (exact) mass is 568 g/mol. The summed E-state index contributed by atoms with van der Waals surface area (Å²) in [5.41, 5.74) is 5.74. The molecule has 0 spiro atoms. The number of benzene rings is 2. The van der Waals surface area contributed by atoms with Crippen molar-refractivity contribution in [2.75, 3.05) is 13.1 Å². The van der Waals surface area contributed by atoms with E-state index in [4.69, 9.17) is 20.8 Å². The minimum atomic E-state index is -3.94. The van der Waals surface area contributed by atoms with E-state index in [1.54, 1.807) is 12.1 Å². The van der Waals surface area contributed by atoms with Crippen molar-refractivity contribution in [2.24, 2.45) is 5.73 Å². The zero-order valence-corrected chi connectivity index (χ0v) is 21.6. The van der Waals surface area contributed by atoms with Crippen LogP contribution in [0.4, 0.5) is 4.39 Å². The van der Waals surface area contributed by atoms with Crippen molar-refractivity contribution < 1.29 is 27.4 Å². The van der Waals surface area contributed by atoms with Gasteiger partial charge in [-0.1, -0.05) is 24.3 Å². The summed E-state index contributed by atoms with van der Waals surface area (Å²) in [7, 11) is -3.94. The van der Waals surface area contributed by atoms with Crippen molar-refractivity contribution >= 4 is 40.8 Å². The highest BCUT2D eigenvalue weighted by atomic mass is 35.5. The third-order valence-electron chi connectivity index (χ3n) is 5.71. The second-order valence-electron chi connectivity index (χ2n) is 8.16. The normalized spacial score (nSPS) is 15.2. The number of nitriles is 1. The molecule has 1 saturated heterocycles. The lowest BCUT2D eigenvalue weighted by Gasteiger charge is -2.48. The first kappa shape index (κ1) is 30.0. The number of rotatable bonds is 8. The minimum absolute atomic E-state index is 0. The molecule has 1 fully saturated rings. The molecular weight excluding hydrogens is 546 g/mol. The Labute approximate surface area is 225 Å². The quantitative estimate of drug-likeness (QED) is 0.421. The fourth-order valence-corrected chi connectivity index (χ4v) is 5.41. The summed E-state index contributed by atoms with van der Waals surface area (Å²) in [6.45, 7) is -0.111. The average Bonchev–Trinajstić information content (AvgIpc) is 2.82. The van der Waals surface area contributed by atoms with Crippen molar-refractivity contribution in [1.82, 2.24) is 9.29 Å². The maximum absolute atomic E-state index is 13.5. The van der Waals surface area contributed by atoms with Crippen LogP contribution >= 0.6 is 24.8 Å². The lowest BCUT2D eigenvalue weighted by Crippen LogP contribution is -2.64. The zero-order valence-electron chi connectivity index (χ0n) is 19.2. The standard InChI is InChI=1S/C24H21FN4O5S.2ClH/c25-18-6-4-17(5-7-18)24(34-20-9-8-19(12-26)28-13-20)14-29(15-24)35(32,33)21-3-1-2-16(10-21)11-22(27)23(30)31;;/h1-10,13,22H,11,14-15,27H2,(H,30,31);2*1H. The van der Waals surface area contributed by atoms with Crippen molar-refractivity contribution in [1.29, 1.82) is 5.26 Å². The molecule has 0 bridgehead atoms. The van der Waals surface area contributed by atoms with Crippen molar-refractivity contribution in [3.8, 4) is 11.8 Å². The van der Waals surface area contributed by atoms with Crippen LogP contribution in [-0.2, 0) is 26.8 Å². The molecule has 3 aromatic rings. The van der Waals surface area contributed by atoms with Crippen LogP contribution in [0, 0.1) is 17.1 Å². The number of aromatic nitrogens is 1. The third kappa shape index (κ3) is 6.36. The molecule has 13 heteroatoms. The number of hydrogen-bond acceptors (Lipinski definition) is 7. The van der Waals surface area contributed by atoms with Crippen LogP contribution in [-0.4, -0.2) is 47.9 Å². The van der Waals surface area contributed by atoms with Gasteiger partial charge in [-0.05, 0) is 53.9 Å². The largest absolute Gasteiger partial charge is 0.480 e. The molecule has 0 saturated carbocycles. The predicted molar refractivity (Wildman–Crippen MR) is 137 cm³/mol. The molecule has 1 aliphatic rings. The van der Waals surface area contributed by atoms with Crippen molar-refractivity contribution in [3.05, 3.63) is 89.5 Å². The Hall–Kier alpha value is -3.27. The third-order valence-corrected chi connectivity index (χ3v) is 7.49. The van der Waals surface area contributed by atoms with Crippen LogP contribution in [0.2, 0.25) is 0 Å². The summed E-state index contributed by atoms with van der Waals surface area (Å²) in [6.07, 6.45) is 1.35. The highest BCUT2D eigenvalue weighted by Gasteiger charge is 2.52. The highest BCUT2D eigenvalue weighted by Crippen LogP contribution is 2.40. The topological polar surface area (TPSA) is 147 Å². The van der Waals surface area contributed by atoms with Gasteiger partial charge >= 0.3 is 5.97 Å². The Bertz CT molecular complexity index is 1390. The van der Waals surface area contributed by atoms with Gasteiger partial charge < -0.3 is 15.6 Å². The van der Waals surface area contributed by atoms with Crippen LogP contribution in [0.3, 0.4) is 0 Å². The number of nitrogens with two attached hydrogens (primary N) is 1. The fraction of sp³-hybridized carbons (Fsp3) is 0.208. The molecule has 0 radical (unpaired) electrons. The molecule has 2 heterocycles. The maximum Gasteiger partial charge on any atom is 0.320 e. The lowest BCUT2D eigenvalue weighted by molar-refractivity contribution is -0.138. The van der Waals surface area contributed by atoms with Gasteiger partial charge in [-0.3, -0.25) is 4.79 Å². The SMILES string of the molecule is Cl.Cl.N#Cc1ccc(OC2(c3ccc(F)cc3)CN(S(=O)(=O)c3cccc(CC(N)C(=O)O)c3)C2)cn1. The van der Waals surface area contributed by atoms with Crippen LogP contribution in [0.15, 0.2) is 71.8 Å². The lowest BCUT2D eigenvalue weighted by atomic mass is 9.87. The van der Waals surface area contributed by atoms with E-state index in [0.717, 1.165) is 0 Å². The summed E-state index contributed by atoms with van der Waals surface area (Å²) in [4.78, 5) is 15.0. The van der Waals surface area contributed by atoms with Crippen molar-refractivity contribution in [2.45, 2.75) is 23.0 Å². The second-order valence-corrected chi connectivity index (χ2v) is 10.1. The van der Waals surface area contributed by atoms with Gasteiger partial charge in [0.25, 0.3) is 0 Å². The molecule has 0 aliphatic carbocycles. The number of pyridine rings is 1. The molecule has 196 valence electrons. The van der Waals surface area contributed by atoms with Crippen LogP contribution in [0.5, 0.6) is 5.75 Å². The van der Waals surface area contributed by atoms with E-state index in [0.29, 0.717) is 16.9 Å². The highest BCUT2D eigenvalue weighted by molar-refractivity contribution is 7.89. The van der Waals surface area contributed by atoms with Gasteiger partial charge in [0.05, 0.1) is 24.2 Å². The maximum atomic E-state index is 13.5. The zero-order chi connectivity index (χ0) is 25.2. The second kappa shape index (κ2) is 11.9. The number of sulfonamides is 1. The van der Waals surface area contributed by atoms with E-state index in [2.05, 4.69) is 4.98 Å². The Morgan fingerprint density at radius 3 is 2.43 bits per heavy atom. The number of halogens is 3. The molecule has 4 rings (SSSR count). The molecule has 1 aromatic heterocycles. The van der Waals surface area contributed by atoms with Gasteiger partial charge in [0.15, 0.2) is 5.60 Å². The molecule has 0 amide bonds. The molecule has 1 atom stereocenters. The first-order valence-corrected chi connectivity index (χ1v) is 12.0. The summed E-state index contributed by atoms with van der Waals surface area (Å²) >= 11 is 0. The Kier molecular flexibility index (Phi) is 9.60. The predicted octanol–water partition coefficient (Wildman–Crippen LogP) is 2.87. The van der Waals surface area contributed by atoms with E-state index >= 15 is 0 Å². The molecule has 3 N–H and O–H groups in total. The molecule has 37 heavy (non-hydrogen) atoms. The Balaban J connectivity index is 0.00000241. The molecule has 2 aromatic carbocycles. The number of carboxylic acid groups (broad SMARTS) is 1. The first-order chi connectivity index (χ1) is 16.6. The van der Waals surface area contributed by atoms with E-state index in [-0.39, 0.29) is 54.9 Å². The Morgan fingerprint density at radius 2 is 1.86 bits per heavy atom. The van der Waals surface area contributed by atoms with Crippen LogP contribution in [0.25, 0.3) is 0 Å². The summed E-state index contributed by atoms with van der Waals surface area (Å²) in [5.74, 6) is -1.29. The number of ether oxygens (including phenoxy) is 1. The van der Waals surface area contributed by atoms with E-state index in [1.165, 1.54) is 59.0 Å². The van der Waals surface area contributed by atoms with Gasteiger partial charge in [0.2, 0.25) is 10.0 Å². The first-order valence-electron chi connectivity index (χ1n) is 10.5. The molecule has 9 nitrogen and oxygen atoms in total. The van der Waals surface area contributed by atoms with Gasteiger partial charge in [-0.25, -0.2) is 17.8 Å². The molecule has 1 unspecified atom stereocenters. The van der Waals surface area contributed by atoms with Gasteiger partial charge in [-0.15, -0.1) is 24.8 Å². The minimum Gasteiger partial charge on any atom is -0.480 e. The number of aliphatic carboxylic acids is 1. The average molecular weight is 569 g/mol. The number of nitrogens with zero attached hydrogens (tertiary/aromatic N) is 3. The van der Waals surface area contributed by atoms with E-state index in [1.807, 2.05) is 6.07 Å². The fourth-order valence-electron chi connectivity index (χ4n) is 3.81. The Morgan fingerprint density at radius 1 is 1.19 bits per heavy atom. The number of carbonyl (C=O) groups is 1. The van der Waals surface area contributed by atoms with E-state index in [9.17, 15) is 17.6 Å². The van der Waals surface area contributed by atoms with Gasteiger partial charge in [0, 0.05) is 0 Å². The molecular formula is C24H23Cl2FN4O5S. The van der Waals surface area contributed by atoms with Gasteiger partial charge in [0.1, 0.15) is 29.4 Å². The molecule has 1 aliphatic heterocycles. The number of hydrogen-bond donors (Lipinski definition) is 2. The van der Waals surface area contributed by atoms with Gasteiger partial charge in [-0.2, -0.15) is 9.57 Å². The summed E-state index contributed by atoms with van der Waals surface area (Å²) in [5, 5.41) is 18.0. The smallest absolute Gasteiger partial charge is 0.320 e. The van der Waals surface area contributed by atoms with Crippen molar-refractivity contribution in [3.63, 3.8) is 0 Å². The van der Waals surface area contributed by atoms with Crippen LogP contribution < -0.4 is 10.5 Å². The number of carboxylic acids is 1. The van der Waals surface area contributed by atoms with E-state index < -0.39 is 33.5 Å². The van der Waals surface area contributed by atoms with Crippen LogP contribution in [0.1, 0.15) is 16.8 Å². The summed E-state index contributed by atoms with van der Waals surface area (Å²) in [6, 6.07) is 15.4.